The van der Waals surface area contributed by atoms with Crippen molar-refractivity contribution in [2.24, 2.45) is 0 Å². The number of carbonyl (C=O) groups excluding carboxylic acids is 1. The van der Waals surface area contributed by atoms with Crippen LogP contribution in [0.15, 0.2) is 48.8 Å². The zero-order valence-corrected chi connectivity index (χ0v) is 19.8. The second kappa shape index (κ2) is 8.39. The molecule has 3 aliphatic rings. The first kappa shape index (κ1) is 21.6. The van der Waals surface area contributed by atoms with Crippen LogP contribution in [-0.4, -0.2) is 70.6 Å². The number of hydrogen-bond donors (Lipinski definition) is 0. The smallest absolute Gasteiger partial charge is 0.253 e. The zero-order chi connectivity index (χ0) is 23.3. The third kappa shape index (κ3) is 3.96. The highest BCUT2D eigenvalue weighted by Gasteiger charge is 2.41. The summed E-state index contributed by atoms with van der Waals surface area (Å²) in [6.45, 7) is 2.73. The van der Waals surface area contributed by atoms with Gasteiger partial charge in [0.05, 0.1) is 17.0 Å². The third-order valence-electron chi connectivity index (χ3n) is 7.06. The minimum Gasteiger partial charge on any atom is -0.489 e. The van der Waals surface area contributed by atoms with Gasteiger partial charge in [-0.2, -0.15) is 0 Å². The van der Waals surface area contributed by atoms with Crippen LogP contribution in [0.5, 0.6) is 5.75 Å². The van der Waals surface area contributed by atoms with Crippen molar-refractivity contribution >= 4 is 26.8 Å². The molecule has 1 amide bonds. The topological polar surface area (TPSA) is 84.7 Å². The van der Waals surface area contributed by atoms with Gasteiger partial charge < -0.3 is 14.2 Å². The standard InChI is InChI=1S/C25H28N4O4S/c30-25(27-11-1-12-27)19-2-6-23-18(16-19)8-15-29(23)24-7-3-21(17-26-24)33-20-9-13-28(14-10-20)34(31,32)22-4-5-22/h2-3,6-8,15-17,20,22H,1,4-5,9-14H2. The van der Waals surface area contributed by atoms with E-state index < -0.39 is 10.0 Å². The van der Waals surface area contributed by atoms with Crippen LogP contribution < -0.4 is 4.74 Å². The van der Waals surface area contributed by atoms with Gasteiger partial charge in [-0.25, -0.2) is 17.7 Å². The minimum atomic E-state index is -3.10. The van der Waals surface area contributed by atoms with Gasteiger partial charge in [0.15, 0.2) is 0 Å². The molecule has 1 aliphatic carbocycles. The van der Waals surface area contributed by atoms with Crippen LogP contribution in [0.2, 0.25) is 0 Å². The van der Waals surface area contributed by atoms with Crippen molar-refractivity contribution in [3.05, 3.63) is 54.4 Å². The van der Waals surface area contributed by atoms with Crippen molar-refractivity contribution in [2.75, 3.05) is 26.2 Å². The molecule has 0 atom stereocenters. The number of benzene rings is 1. The summed E-state index contributed by atoms with van der Waals surface area (Å²) >= 11 is 0. The number of amides is 1. The number of hydrogen-bond acceptors (Lipinski definition) is 5. The van der Waals surface area contributed by atoms with Gasteiger partial charge in [-0.1, -0.05) is 0 Å². The molecular formula is C25H28N4O4S. The lowest BCUT2D eigenvalue weighted by atomic mass is 10.1. The van der Waals surface area contributed by atoms with Crippen LogP contribution >= 0.6 is 0 Å². The summed E-state index contributed by atoms with van der Waals surface area (Å²) < 4.78 is 34.5. The van der Waals surface area contributed by atoms with E-state index in [0.717, 1.165) is 54.6 Å². The van der Waals surface area contributed by atoms with Crippen molar-refractivity contribution in [2.45, 2.75) is 43.5 Å². The molecule has 34 heavy (non-hydrogen) atoms. The number of ether oxygens (including phenoxy) is 1. The van der Waals surface area contributed by atoms with Gasteiger partial charge in [0.2, 0.25) is 10.0 Å². The van der Waals surface area contributed by atoms with Gasteiger partial charge in [-0.15, -0.1) is 0 Å². The van der Waals surface area contributed by atoms with Gasteiger partial charge in [-0.3, -0.25) is 4.79 Å². The summed E-state index contributed by atoms with van der Waals surface area (Å²) in [6, 6.07) is 11.6. The molecule has 3 aromatic rings. The number of fused-ring (bicyclic) bond motifs is 1. The molecule has 0 spiro atoms. The average Bonchev–Trinajstić information content (AvgIpc) is 3.59. The normalized spacial score (nSPS) is 19.8. The van der Waals surface area contributed by atoms with Gasteiger partial charge in [0.25, 0.3) is 5.91 Å². The van der Waals surface area contributed by atoms with Gasteiger partial charge in [-0.05, 0) is 68.5 Å². The Labute approximate surface area is 199 Å². The van der Waals surface area contributed by atoms with Crippen LogP contribution in [0.3, 0.4) is 0 Å². The van der Waals surface area contributed by atoms with E-state index in [0.29, 0.717) is 31.7 Å². The molecule has 4 heterocycles. The SMILES string of the molecule is O=C(c1ccc2c(ccn2-c2ccc(OC3CCN(S(=O)(=O)C4CC4)CC3)cn2)c1)N1CCC1. The number of aromatic nitrogens is 2. The fraction of sp³-hybridized carbons (Fsp3) is 0.440. The molecule has 2 saturated heterocycles. The summed E-state index contributed by atoms with van der Waals surface area (Å²) in [6.07, 6.45) is 7.72. The molecule has 9 heteroatoms. The Morgan fingerprint density at radius 2 is 1.76 bits per heavy atom. The van der Waals surface area contributed by atoms with Crippen molar-refractivity contribution in [3.8, 4) is 11.6 Å². The Kier molecular flexibility index (Phi) is 5.33. The molecule has 2 aliphatic heterocycles. The Hall–Kier alpha value is -2.91. The predicted octanol–water partition coefficient (Wildman–Crippen LogP) is 3.21. The Bertz CT molecular complexity index is 1320. The molecule has 2 aromatic heterocycles. The third-order valence-corrected chi connectivity index (χ3v) is 9.46. The first-order chi connectivity index (χ1) is 16.5. The Morgan fingerprint density at radius 3 is 2.41 bits per heavy atom. The van der Waals surface area contributed by atoms with Crippen molar-refractivity contribution in [1.82, 2.24) is 18.8 Å². The molecular weight excluding hydrogens is 452 g/mol. The van der Waals surface area contributed by atoms with E-state index in [1.165, 1.54) is 0 Å². The molecule has 178 valence electrons. The lowest BCUT2D eigenvalue weighted by Gasteiger charge is -2.31. The number of carbonyl (C=O) groups is 1. The fourth-order valence-corrected chi connectivity index (χ4v) is 6.61. The summed E-state index contributed by atoms with van der Waals surface area (Å²) in [5.41, 5.74) is 1.71. The van der Waals surface area contributed by atoms with Crippen molar-refractivity contribution in [3.63, 3.8) is 0 Å². The van der Waals surface area contributed by atoms with Gasteiger partial charge in [0, 0.05) is 43.3 Å². The summed E-state index contributed by atoms with van der Waals surface area (Å²) in [5, 5.41) is 0.848. The molecule has 8 nitrogen and oxygen atoms in total. The fourth-order valence-electron chi connectivity index (χ4n) is 4.74. The van der Waals surface area contributed by atoms with Crippen LogP contribution in [-0.2, 0) is 10.0 Å². The minimum absolute atomic E-state index is 0.00641. The first-order valence-electron chi connectivity index (χ1n) is 12.0. The van der Waals surface area contributed by atoms with E-state index in [1.54, 1.807) is 10.5 Å². The van der Waals surface area contributed by atoms with Gasteiger partial charge >= 0.3 is 0 Å². The molecule has 0 bridgehead atoms. The van der Waals surface area contributed by atoms with Crippen LogP contribution in [0, 0.1) is 0 Å². The van der Waals surface area contributed by atoms with Crippen LogP contribution in [0.1, 0.15) is 42.5 Å². The van der Waals surface area contributed by atoms with E-state index in [4.69, 9.17) is 4.74 Å². The molecule has 6 rings (SSSR count). The summed E-state index contributed by atoms with van der Waals surface area (Å²) in [4.78, 5) is 19.0. The molecule has 0 radical (unpaired) electrons. The van der Waals surface area contributed by atoms with Crippen LogP contribution in [0.4, 0.5) is 0 Å². The average molecular weight is 481 g/mol. The highest BCUT2D eigenvalue weighted by molar-refractivity contribution is 7.90. The maximum absolute atomic E-state index is 12.5. The van der Waals surface area contributed by atoms with Crippen molar-refractivity contribution < 1.29 is 17.9 Å². The van der Waals surface area contributed by atoms with Crippen molar-refractivity contribution in [1.29, 1.82) is 0 Å². The highest BCUT2D eigenvalue weighted by Crippen LogP contribution is 2.33. The monoisotopic (exact) mass is 480 g/mol. The number of piperidine rings is 1. The second-order valence-electron chi connectivity index (χ2n) is 9.42. The van der Waals surface area contributed by atoms with E-state index in [-0.39, 0.29) is 17.3 Å². The largest absolute Gasteiger partial charge is 0.489 e. The predicted molar refractivity (Wildman–Crippen MR) is 129 cm³/mol. The maximum Gasteiger partial charge on any atom is 0.253 e. The lowest BCUT2D eigenvalue weighted by Crippen LogP contribution is -2.43. The molecule has 0 unspecified atom stereocenters. The number of nitrogens with zero attached hydrogens (tertiary/aromatic N) is 4. The highest BCUT2D eigenvalue weighted by atomic mass is 32.2. The summed E-state index contributed by atoms with van der Waals surface area (Å²) in [7, 11) is -3.10. The van der Waals surface area contributed by atoms with E-state index in [1.807, 2.05) is 52.1 Å². The number of rotatable bonds is 6. The second-order valence-corrected chi connectivity index (χ2v) is 11.6. The quantitative estimate of drug-likeness (QED) is 0.541. The van der Waals surface area contributed by atoms with Gasteiger partial charge in [0.1, 0.15) is 17.7 Å². The zero-order valence-electron chi connectivity index (χ0n) is 19.0. The van der Waals surface area contributed by atoms with E-state index >= 15 is 0 Å². The number of pyridine rings is 1. The molecule has 1 saturated carbocycles. The van der Waals surface area contributed by atoms with E-state index in [9.17, 15) is 13.2 Å². The van der Waals surface area contributed by atoms with E-state index in [2.05, 4.69) is 4.98 Å². The molecule has 1 aromatic carbocycles. The first-order valence-corrected chi connectivity index (χ1v) is 13.5. The summed E-state index contributed by atoms with van der Waals surface area (Å²) in [5.74, 6) is 1.55. The Balaban J connectivity index is 1.11. The molecule has 0 N–H and O–H groups in total. The molecule has 3 fully saturated rings. The lowest BCUT2D eigenvalue weighted by molar-refractivity contribution is 0.0652. The van der Waals surface area contributed by atoms with Crippen LogP contribution in [0.25, 0.3) is 16.7 Å². The number of likely N-dealkylation sites (tertiary alicyclic amines) is 1. The number of sulfonamides is 1. The Morgan fingerprint density at radius 1 is 0.971 bits per heavy atom. The maximum atomic E-state index is 12.5.